The summed E-state index contributed by atoms with van der Waals surface area (Å²) in [5, 5.41) is 0. The zero-order chi connectivity index (χ0) is 13.3. The fourth-order valence-electron chi connectivity index (χ4n) is 2.93. The first-order valence-corrected chi connectivity index (χ1v) is 6.53. The van der Waals surface area contributed by atoms with Crippen molar-refractivity contribution < 1.29 is 4.79 Å². The van der Waals surface area contributed by atoms with Gasteiger partial charge in [0.1, 0.15) is 0 Å². The third-order valence-electron chi connectivity index (χ3n) is 3.71. The molecule has 106 valence electrons. The van der Waals surface area contributed by atoms with Crippen molar-refractivity contribution in [2.24, 2.45) is 5.92 Å². The topological polar surface area (TPSA) is 46.3 Å². The van der Waals surface area contributed by atoms with Crippen LogP contribution in [0.15, 0.2) is 24.3 Å². The Labute approximate surface area is 121 Å². The van der Waals surface area contributed by atoms with Gasteiger partial charge in [-0.15, -0.1) is 12.4 Å². The number of hydrogen-bond acceptors (Lipinski definition) is 2. The van der Waals surface area contributed by atoms with Gasteiger partial charge in [0.25, 0.3) is 0 Å². The lowest BCUT2D eigenvalue weighted by Gasteiger charge is -2.31. The van der Waals surface area contributed by atoms with Crippen molar-refractivity contribution in [1.82, 2.24) is 4.90 Å². The summed E-state index contributed by atoms with van der Waals surface area (Å²) in [4.78, 5) is 14.4. The van der Waals surface area contributed by atoms with Gasteiger partial charge in [-0.1, -0.05) is 19.1 Å². The van der Waals surface area contributed by atoms with E-state index in [2.05, 4.69) is 20.8 Å². The summed E-state index contributed by atoms with van der Waals surface area (Å²) in [5.41, 5.74) is 7.41. The lowest BCUT2D eigenvalue weighted by Crippen LogP contribution is -2.43. The Morgan fingerprint density at radius 3 is 2.42 bits per heavy atom. The number of nitrogens with zero attached hydrogens (tertiary/aromatic N) is 1. The third kappa shape index (κ3) is 3.63. The van der Waals surface area contributed by atoms with Crippen LogP contribution in [-0.4, -0.2) is 22.9 Å². The Bertz CT molecular complexity index is 442. The number of rotatable bonds is 2. The zero-order valence-electron chi connectivity index (χ0n) is 11.8. The van der Waals surface area contributed by atoms with E-state index in [1.54, 1.807) is 0 Å². The zero-order valence-corrected chi connectivity index (χ0v) is 12.7. The summed E-state index contributed by atoms with van der Waals surface area (Å²) in [7, 11) is 0. The lowest BCUT2D eigenvalue weighted by atomic mass is 9.97. The average Bonchev–Trinajstić information content (AvgIpc) is 2.55. The van der Waals surface area contributed by atoms with E-state index >= 15 is 0 Å². The number of nitrogens with two attached hydrogens (primary N) is 1. The van der Waals surface area contributed by atoms with E-state index in [0.29, 0.717) is 12.3 Å². The molecule has 1 fully saturated rings. The normalized spacial score (nSPS) is 21.0. The lowest BCUT2D eigenvalue weighted by molar-refractivity contribution is -0.133. The molecule has 1 amide bonds. The minimum absolute atomic E-state index is 0. The number of benzene rings is 1. The number of halogens is 1. The molecule has 2 N–H and O–H groups in total. The second-order valence-electron chi connectivity index (χ2n) is 6.04. The summed E-state index contributed by atoms with van der Waals surface area (Å²) in [6, 6.07) is 7.56. The molecule has 0 aromatic heterocycles. The monoisotopic (exact) mass is 282 g/mol. The van der Waals surface area contributed by atoms with Gasteiger partial charge in [-0.25, -0.2) is 0 Å². The molecule has 19 heavy (non-hydrogen) atoms. The third-order valence-corrected chi connectivity index (χ3v) is 3.71. The van der Waals surface area contributed by atoms with Gasteiger partial charge in [-0.05, 0) is 43.9 Å². The largest absolute Gasteiger partial charge is 0.399 e. The van der Waals surface area contributed by atoms with Crippen LogP contribution < -0.4 is 5.73 Å². The van der Waals surface area contributed by atoms with Crippen LogP contribution in [0.1, 0.15) is 32.8 Å². The fourth-order valence-corrected chi connectivity index (χ4v) is 2.93. The molecule has 1 unspecified atom stereocenters. The summed E-state index contributed by atoms with van der Waals surface area (Å²) in [6.07, 6.45) is 1.55. The standard InChI is InChI=1S/C15H22N2O.ClH/c1-11-9-15(2,3)17(10-11)14(18)8-12-4-6-13(16)7-5-12;/h4-7,11H,8-10,16H2,1-3H3;1H. The van der Waals surface area contributed by atoms with Gasteiger partial charge >= 0.3 is 0 Å². The first-order valence-electron chi connectivity index (χ1n) is 6.53. The van der Waals surface area contributed by atoms with E-state index in [-0.39, 0.29) is 23.9 Å². The van der Waals surface area contributed by atoms with Crippen LogP contribution in [0.3, 0.4) is 0 Å². The Morgan fingerprint density at radius 1 is 1.37 bits per heavy atom. The van der Waals surface area contributed by atoms with E-state index in [4.69, 9.17) is 5.73 Å². The van der Waals surface area contributed by atoms with Crippen molar-refractivity contribution in [3.8, 4) is 0 Å². The van der Waals surface area contributed by atoms with Crippen LogP contribution in [-0.2, 0) is 11.2 Å². The van der Waals surface area contributed by atoms with Crippen molar-refractivity contribution >= 4 is 24.0 Å². The number of anilines is 1. The molecule has 1 aliphatic rings. The predicted molar refractivity (Wildman–Crippen MR) is 81.4 cm³/mol. The SMILES string of the molecule is CC1CN(C(=O)Cc2ccc(N)cc2)C(C)(C)C1.Cl. The molecule has 2 rings (SSSR count). The van der Waals surface area contributed by atoms with Gasteiger partial charge in [0.15, 0.2) is 0 Å². The highest BCUT2D eigenvalue weighted by molar-refractivity contribution is 5.85. The van der Waals surface area contributed by atoms with E-state index in [1.165, 1.54) is 0 Å². The highest BCUT2D eigenvalue weighted by atomic mass is 35.5. The quantitative estimate of drug-likeness (QED) is 0.848. The highest BCUT2D eigenvalue weighted by Crippen LogP contribution is 2.32. The maximum Gasteiger partial charge on any atom is 0.227 e. The summed E-state index contributed by atoms with van der Waals surface area (Å²) in [5.74, 6) is 0.810. The first-order chi connectivity index (χ1) is 8.38. The Morgan fingerprint density at radius 2 is 1.95 bits per heavy atom. The van der Waals surface area contributed by atoms with Crippen molar-refractivity contribution in [2.45, 2.75) is 39.2 Å². The van der Waals surface area contributed by atoms with Crippen LogP contribution in [0.5, 0.6) is 0 Å². The maximum atomic E-state index is 12.4. The van der Waals surface area contributed by atoms with Crippen molar-refractivity contribution in [1.29, 1.82) is 0 Å². The summed E-state index contributed by atoms with van der Waals surface area (Å²) < 4.78 is 0. The van der Waals surface area contributed by atoms with Crippen LogP contribution >= 0.6 is 12.4 Å². The van der Waals surface area contributed by atoms with Crippen molar-refractivity contribution in [3.05, 3.63) is 29.8 Å². The van der Waals surface area contributed by atoms with Gasteiger partial charge in [-0.2, -0.15) is 0 Å². The van der Waals surface area contributed by atoms with Gasteiger partial charge < -0.3 is 10.6 Å². The molecule has 1 aromatic rings. The van der Waals surface area contributed by atoms with E-state index in [1.807, 2.05) is 29.2 Å². The minimum atomic E-state index is -0.00961. The van der Waals surface area contributed by atoms with Crippen molar-refractivity contribution in [2.75, 3.05) is 12.3 Å². The van der Waals surface area contributed by atoms with Gasteiger partial charge in [0, 0.05) is 17.8 Å². The smallest absolute Gasteiger partial charge is 0.227 e. The molecule has 1 aliphatic heterocycles. The molecule has 0 spiro atoms. The van der Waals surface area contributed by atoms with Gasteiger partial charge in [0.2, 0.25) is 5.91 Å². The molecule has 1 aromatic carbocycles. The van der Waals surface area contributed by atoms with Crippen LogP contribution in [0.25, 0.3) is 0 Å². The molecular weight excluding hydrogens is 260 g/mol. The number of carbonyl (C=O) groups excluding carboxylic acids is 1. The predicted octanol–water partition coefficient (Wildman–Crippen LogP) is 2.88. The van der Waals surface area contributed by atoms with Gasteiger partial charge in [-0.3, -0.25) is 4.79 Å². The number of amides is 1. The molecule has 4 heteroatoms. The molecule has 0 saturated carbocycles. The molecule has 0 aliphatic carbocycles. The van der Waals surface area contributed by atoms with Crippen LogP contribution in [0, 0.1) is 5.92 Å². The minimum Gasteiger partial charge on any atom is -0.399 e. The molecule has 1 atom stereocenters. The number of carbonyl (C=O) groups is 1. The average molecular weight is 283 g/mol. The van der Waals surface area contributed by atoms with Gasteiger partial charge in [0.05, 0.1) is 6.42 Å². The molecular formula is C15H23ClN2O. The summed E-state index contributed by atoms with van der Waals surface area (Å²) in [6.45, 7) is 7.38. The second kappa shape index (κ2) is 5.83. The molecule has 1 saturated heterocycles. The molecule has 1 heterocycles. The second-order valence-corrected chi connectivity index (χ2v) is 6.04. The van der Waals surface area contributed by atoms with E-state index < -0.39 is 0 Å². The Balaban J connectivity index is 0.00000180. The molecule has 0 radical (unpaired) electrons. The molecule has 0 bridgehead atoms. The van der Waals surface area contributed by atoms with E-state index in [0.717, 1.165) is 24.2 Å². The van der Waals surface area contributed by atoms with E-state index in [9.17, 15) is 4.79 Å². The van der Waals surface area contributed by atoms with Crippen molar-refractivity contribution in [3.63, 3.8) is 0 Å². The Hall–Kier alpha value is -1.22. The number of nitrogen functional groups attached to an aromatic ring is 1. The maximum absolute atomic E-state index is 12.4. The van der Waals surface area contributed by atoms with Crippen LogP contribution in [0.4, 0.5) is 5.69 Å². The molecule has 3 nitrogen and oxygen atoms in total. The van der Waals surface area contributed by atoms with Crippen LogP contribution in [0.2, 0.25) is 0 Å². The first kappa shape index (κ1) is 15.8. The number of likely N-dealkylation sites (tertiary alicyclic amines) is 1. The number of hydrogen-bond donors (Lipinski definition) is 1. The summed E-state index contributed by atoms with van der Waals surface area (Å²) >= 11 is 0. The Kier molecular flexibility index (Phi) is 4.86. The fraction of sp³-hybridized carbons (Fsp3) is 0.533. The highest BCUT2D eigenvalue weighted by Gasteiger charge is 2.38.